The van der Waals surface area contributed by atoms with Gasteiger partial charge in [0, 0.05) is 45.7 Å². The topological polar surface area (TPSA) is 107 Å². The van der Waals surface area contributed by atoms with Crippen molar-refractivity contribution >= 4 is 11.8 Å². The molecule has 1 aromatic carbocycles. The van der Waals surface area contributed by atoms with E-state index in [-0.39, 0.29) is 6.17 Å². The molecule has 3 fully saturated rings. The van der Waals surface area contributed by atoms with Crippen LogP contribution in [0.4, 0.5) is 0 Å². The van der Waals surface area contributed by atoms with Crippen LogP contribution in [0.2, 0.25) is 0 Å². The third-order valence-electron chi connectivity index (χ3n) is 7.56. The number of piperidine rings is 1. The minimum atomic E-state index is 0.160. The number of nitrogens with zero attached hydrogens (tertiary/aromatic N) is 7. The number of amidine groups is 1. The fourth-order valence-electron chi connectivity index (χ4n) is 5.39. The van der Waals surface area contributed by atoms with Crippen molar-refractivity contribution in [2.75, 3.05) is 52.5 Å². The molecule has 2 aromatic rings. The van der Waals surface area contributed by atoms with Crippen LogP contribution in [0.5, 0.6) is 0 Å². The summed E-state index contributed by atoms with van der Waals surface area (Å²) in [5, 5.41) is 19.0. The van der Waals surface area contributed by atoms with Crippen LogP contribution in [0.3, 0.4) is 0 Å². The highest BCUT2D eigenvalue weighted by Gasteiger charge is 2.29. The van der Waals surface area contributed by atoms with E-state index in [0.29, 0.717) is 12.6 Å². The zero-order valence-electron chi connectivity index (χ0n) is 23.3. The first-order valence-electron chi connectivity index (χ1n) is 14.6. The Morgan fingerprint density at radius 3 is 2.72 bits per heavy atom. The summed E-state index contributed by atoms with van der Waals surface area (Å²) in [5.74, 6) is 1.79. The van der Waals surface area contributed by atoms with Crippen LogP contribution in [0.1, 0.15) is 43.9 Å². The van der Waals surface area contributed by atoms with E-state index >= 15 is 0 Å². The molecule has 39 heavy (non-hydrogen) atoms. The van der Waals surface area contributed by atoms with Gasteiger partial charge in [-0.25, -0.2) is 4.99 Å². The van der Waals surface area contributed by atoms with Crippen LogP contribution in [0, 0.1) is 0 Å². The van der Waals surface area contributed by atoms with Gasteiger partial charge in [-0.1, -0.05) is 42.5 Å². The van der Waals surface area contributed by atoms with Gasteiger partial charge >= 0.3 is 0 Å². The van der Waals surface area contributed by atoms with E-state index in [0.717, 1.165) is 109 Å². The monoisotopic (exact) mass is 536 g/mol. The number of rotatable bonds is 11. The van der Waals surface area contributed by atoms with Gasteiger partial charge in [0.2, 0.25) is 0 Å². The molecule has 11 nitrogen and oxygen atoms in total. The SMILES string of the molecule is CCNCCCn1cc(CN=C2NC(=NC3CCN(Cc4ccccc4)CC3)CC(N3CCOCC3)N2)nn1. The molecule has 3 saturated heterocycles. The molecular formula is C28H44N10O. The summed E-state index contributed by atoms with van der Waals surface area (Å²) >= 11 is 0. The highest BCUT2D eigenvalue weighted by atomic mass is 16.5. The Hall–Kier alpha value is -2.86. The van der Waals surface area contributed by atoms with Crippen LogP contribution >= 0.6 is 0 Å². The molecule has 0 radical (unpaired) electrons. The Morgan fingerprint density at radius 2 is 1.92 bits per heavy atom. The predicted octanol–water partition coefficient (Wildman–Crippen LogP) is 1.44. The van der Waals surface area contributed by atoms with Crippen LogP contribution in [0.25, 0.3) is 0 Å². The molecule has 3 aliphatic rings. The number of likely N-dealkylation sites (tertiary alicyclic amines) is 1. The smallest absolute Gasteiger partial charge is 0.198 e. The van der Waals surface area contributed by atoms with Crippen molar-refractivity contribution in [1.29, 1.82) is 0 Å². The quantitative estimate of drug-likeness (QED) is 0.371. The van der Waals surface area contributed by atoms with Crippen molar-refractivity contribution in [3.8, 4) is 0 Å². The Morgan fingerprint density at radius 1 is 1.10 bits per heavy atom. The molecule has 1 atom stereocenters. The lowest BCUT2D eigenvalue weighted by Crippen LogP contribution is -2.61. The molecule has 3 aliphatic heterocycles. The van der Waals surface area contributed by atoms with E-state index in [1.54, 1.807) is 0 Å². The molecule has 1 unspecified atom stereocenters. The average Bonchev–Trinajstić information content (AvgIpc) is 3.44. The van der Waals surface area contributed by atoms with Gasteiger partial charge < -0.3 is 20.7 Å². The van der Waals surface area contributed by atoms with Gasteiger partial charge in [0.1, 0.15) is 11.5 Å². The third-order valence-corrected chi connectivity index (χ3v) is 7.56. The Labute approximate surface area is 232 Å². The largest absolute Gasteiger partial charge is 0.379 e. The van der Waals surface area contributed by atoms with Crippen LogP contribution < -0.4 is 16.0 Å². The van der Waals surface area contributed by atoms with Crippen molar-refractivity contribution < 1.29 is 4.74 Å². The summed E-state index contributed by atoms with van der Waals surface area (Å²) in [6, 6.07) is 11.1. The lowest BCUT2D eigenvalue weighted by molar-refractivity contribution is 0.0138. The molecule has 212 valence electrons. The van der Waals surface area contributed by atoms with Gasteiger partial charge in [-0.3, -0.25) is 19.5 Å². The van der Waals surface area contributed by atoms with E-state index in [9.17, 15) is 0 Å². The maximum Gasteiger partial charge on any atom is 0.198 e. The summed E-state index contributed by atoms with van der Waals surface area (Å²) in [7, 11) is 0. The highest BCUT2D eigenvalue weighted by Crippen LogP contribution is 2.18. The van der Waals surface area contributed by atoms with E-state index in [1.165, 1.54) is 5.56 Å². The van der Waals surface area contributed by atoms with Gasteiger partial charge in [-0.2, -0.15) is 0 Å². The Balaban J connectivity index is 1.18. The molecule has 0 amide bonds. The Bertz CT molecular complexity index is 1060. The van der Waals surface area contributed by atoms with Gasteiger partial charge in [-0.15, -0.1) is 5.10 Å². The lowest BCUT2D eigenvalue weighted by Gasteiger charge is -2.39. The van der Waals surface area contributed by atoms with Gasteiger partial charge in [0.15, 0.2) is 5.96 Å². The lowest BCUT2D eigenvalue weighted by atomic mass is 10.0. The first kappa shape index (κ1) is 27.7. The second kappa shape index (κ2) is 14.5. The summed E-state index contributed by atoms with van der Waals surface area (Å²) in [4.78, 5) is 15.0. The van der Waals surface area contributed by atoms with E-state index in [1.807, 2.05) is 10.9 Å². The molecule has 5 rings (SSSR count). The van der Waals surface area contributed by atoms with Crippen molar-refractivity contribution in [2.24, 2.45) is 9.98 Å². The number of aliphatic imine (C=N–C) groups is 2. The number of aromatic nitrogens is 3. The maximum absolute atomic E-state index is 5.60. The molecule has 11 heteroatoms. The van der Waals surface area contributed by atoms with Crippen molar-refractivity contribution in [3.63, 3.8) is 0 Å². The second-order valence-corrected chi connectivity index (χ2v) is 10.6. The molecule has 3 N–H and O–H groups in total. The number of guanidine groups is 1. The van der Waals surface area contributed by atoms with Crippen LogP contribution in [0.15, 0.2) is 46.5 Å². The fourth-order valence-corrected chi connectivity index (χ4v) is 5.39. The van der Waals surface area contributed by atoms with Crippen LogP contribution in [-0.4, -0.2) is 101 Å². The number of benzene rings is 1. The zero-order chi connectivity index (χ0) is 26.7. The summed E-state index contributed by atoms with van der Waals surface area (Å²) in [6.45, 7) is 12.0. The van der Waals surface area contributed by atoms with E-state index < -0.39 is 0 Å². The van der Waals surface area contributed by atoms with Crippen LogP contribution in [-0.2, 0) is 24.4 Å². The predicted molar refractivity (Wildman–Crippen MR) is 154 cm³/mol. The number of hydrogen-bond donors (Lipinski definition) is 3. The molecular weight excluding hydrogens is 492 g/mol. The van der Waals surface area contributed by atoms with E-state index in [2.05, 4.69) is 73.3 Å². The molecule has 0 spiro atoms. The molecule has 4 heterocycles. The molecule has 0 bridgehead atoms. The number of nitrogens with one attached hydrogen (secondary N) is 3. The summed E-state index contributed by atoms with van der Waals surface area (Å²) < 4.78 is 7.50. The van der Waals surface area contributed by atoms with Crippen molar-refractivity contribution in [3.05, 3.63) is 47.8 Å². The molecule has 1 aromatic heterocycles. The number of hydrogen-bond acceptors (Lipinski definition) is 8. The molecule has 0 aliphatic carbocycles. The van der Waals surface area contributed by atoms with Gasteiger partial charge in [-0.05, 0) is 37.9 Å². The second-order valence-electron chi connectivity index (χ2n) is 10.6. The number of ether oxygens (including phenoxy) is 1. The average molecular weight is 537 g/mol. The fraction of sp³-hybridized carbons (Fsp3) is 0.643. The minimum absolute atomic E-state index is 0.160. The summed E-state index contributed by atoms with van der Waals surface area (Å²) in [5.41, 5.74) is 2.25. The third kappa shape index (κ3) is 8.56. The molecule has 0 saturated carbocycles. The Kier molecular flexibility index (Phi) is 10.3. The van der Waals surface area contributed by atoms with Gasteiger partial charge in [0.25, 0.3) is 0 Å². The first-order chi connectivity index (χ1) is 19.2. The minimum Gasteiger partial charge on any atom is -0.379 e. The number of morpholine rings is 1. The van der Waals surface area contributed by atoms with Crippen molar-refractivity contribution in [2.45, 2.75) is 64.4 Å². The first-order valence-corrected chi connectivity index (χ1v) is 14.6. The number of aryl methyl sites for hydroxylation is 1. The zero-order valence-corrected chi connectivity index (χ0v) is 23.3. The maximum atomic E-state index is 5.60. The normalized spacial score (nSPS) is 23.7. The van der Waals surface area contributed by atoms with Crippen molar-refractivity contribution in [1.82, 2.24) is 40.7 Å². The van der Waals surface area contributed by atoms with Gasteiger partial charge in [0.05, 0.1) is 38.2 Å². The highest BCUT2D eigenvalue weighted by molar-refractivity contribution is 6.02. The van der Waals surface area contributed by atoms with E-state index in [4.69, 9.17) is 14.7 Å². The standard InChI is InChI=1S/C28H44N10O/c1-2-29-11-6-12-38-22-25(34-35-38)20-30-28-32-26(19-27(33-28)37-15-17-39-18-16-37)31-24-9-13-36(14-10-24)21-23-7-4-3-5-8-23/h3-5,7-8,22,24,27,29H,2,6,9-21H2,1H3,(H2,30,31,32,33). The summed E-state index contributed by atoms with van der Waals surface area (Å²) in [6.07, 6.45) is 6.18.